The Kier molecular flexibility index (Phi) is 7.26. The highest BCUT2D eigenvalue weighted by Crippen LogP contribution is 2.32. The highest BCUT2D eigenvalue weighted by Gasteiger charge is 2.22. The van der Waals surface area contributed by atoms with Gasteiger partial charge in [-0.2, -0.15) is 0 Å². The number of fused-ring (bicyclic) bond motifs is 1. The zero-order valence-electron chi connectivity index (χ0n) is 20.9. The number of hydrogen-bond donors (Lipinski definition) is 2. The minimum absolute atomic E-state index is 0.0109. The van der Waals surface area contributed by atoms with E-state index in [2.05, 4.69) is 21.2 Å². The SMILES string of the molecule is C#Cc1cncc(-c2oc3c([C@@H](C)Nc4ccc(Cl)nc4C(=O)NS(C)(=O)=O)cc(C)cc3c(=O)c2C)c1. The summed E-state index contributed by atoms with van der Waals surface area (Å²) in [5.41, 5.74) is 3.13. The normalized spacial score (nSPS) is 12.1. The Balaban J connectivity index is 1.85. The maximum absolute atomic E-state index is 13.4. The first-order chi connectivity index (χ1) is 17.9. The number of terminal acetylenes is 1. The molecule has 11 heteroatoms. The van der Waals surface area contributed by atoms with Crippen LogP contribution in [0.3, 0.4) is 0 Å². The second-order valence-corrected chi connectivity index (χ2v) is 11.0. The highest BCUT2D eigenvalue weighted by atomic mass is 35.5. The zero-order chi connectivity index (χ0) is 27.8. The van der Waals surface area contributed by atoms with Gasteiger partial charge in [-0.25, -0.2) is 18.1 Å². The summed E-state index contributed by atoms with van der Waals surface area (Å²) >= 11 is 5.98. The van der Waals surface area contributed by atoms with Crippen molar-refractivity contribution in [1.29, 1.82) is 0 Å². The fourth-order valence-electron chi connectivity index (χ4n) is 4.06. The third-order valence-electron chi connectivity index (χ3n) is 5.75. The molecular weight excluding hydrogens is 528 g/mol. The van der Waals surface area contributed by atoms with Gasteiger partial charge in [0.1, 0.15) is 16.5 Å². The van der Waals surface area contributed by atoms with Crippen LogP contribution in [0.5, 0.6) is 0 Å². The molecule has 194 valence electrons. The molecule has 3 heterocycles. The lowest BCUT2D eigenvalue weighted by Crippen LogP contribution is -2.31. The summed E-state index contributed by atoms with van der Waals surface area (Å²) in [6.07, 6.45) is 9.49. The molecule has 3 aromatic heterocycles. The number of anilines is 1. The van der Waals surface area contributed by atoms with Gasteiger partial charge in [0.15, 0.2) is 11.1 Å². The molecule has 1 aromatic carbocycles. The van der Waals surface area contributed by atoms with Crippen LogP contribution in [-0.4, -0.2) is 30.5 Å². The Bertz CT molecular complexity index is 1810. The fourth-order valence-corrected chi connectivity index (χ4v) is 4.64. The second-order valence-electron chi connectivity index (χ2n) is 8.82. The number of nitrogens with zero attached hydrogens (tertiary/aromatic N) is 2. The van der Waals surface area contributed by atoms with Crippen molar-refractivity contribution in [2.45, 2.75) is 26.8 Å². The van der Waals surface area contributed by atoms with Gasteiger partial charge in [0.25, 0.3) is 5.91 Å². The van der Waals surface area contributed by atoms with Gasteiger partial charge in [0.2, 0.25) is 10.0 Å². The van der Waals surface area contributed by atoms with Crippen molar-refractivity contribution < 1.29 is 17.6 Å². The van der Waals surface area contributed by atoms with E-state index < -0.39 is 22.0 Å². The van der Waals surface area contributed by atoms with Crippen LogP contribution in [0.4, 0.5) is 5.69 Å². The molecule has 4 aromatic rings. The van der Waals surface area contributed by atoms with Gasteiger partial charge in [-0.3, -0.25) is 14.6 Å². The molecule has 0 saturated heterocycles. The molecule has 2 N–H and O–H groups in total. The number of carbonyl (C=O) groups is 1. The molecule has 0 fully saturated rings. The van der Waals surface area contributed by atoms with E-state index in [-0.39, 0.29) is 22.0 Å². The minimum Gasteiger partial charge on any atom is -0.455 e. The first-order valence-corrected chi connectivity index (χ1v) is 13.6. The molecule has 0 aliphatic rings. The molecule has 0 aliphatic heterocycles. The van der Waals surface area contributed by atoms with Crippen LogP contribution in [0.1, 0.15) is 45.7 Å². The Morgan fingerprint density at radius 1 is 1.18 bits per heavy atom. The van der Waals surface area contributed by atoms with Gasteiger partial charge in [0, 0.05) is 34.6 Å². The van der Waals surface area contributed by atoms with Gasteiger partial charge in [-0.15, -0.1) is 6.42 Å². The van der Waals surface area contributed by atoms with E-state index in [0.29, 0.717) is 39.0 Å². The van der Waals surface area contributed by atoms with E-state index in [1.165, 1.54) is 18.3 Å². The number of carbonyl (C=O) groups excluding carboxylic acids is 1. The maximum atomic E-state index is 13.4. The number of pyridine rings is 2. The molecule has 4 rings (SSSR count). The monoisotopic (exact) mass is 550 g/mol. The van der Waals surface area contributed by atoms with Crippen LogP contribution in [0.15, 0.2) is 51.9 Å². The first-order valence-electron chi connectivity index (χ1n) is 11.3. The summed E-state index contributed by atoms with van der Waals surface area (Å²) in [5, 5.41) is 3.57. The molecule has 9 nitrogen and oxygen atoms in total. The minimum atomic E-state index is -3.84. The lowest BCUT2D eigenvalue weighted by molar-refractivity contribution is 0.0977. The zero-order valence-corrected chi connectivity index (χ0v) is 22.5. The van der Waals surface area contributed by atoms with E-state index >= 15 is 0 Å². The van der Waals surface area contributed by atoms with Crippen LogP contribution in [-0.2, 0) is 10.0 Å². The van der Waals surface area contributed by atoms with E-state index in [4.69, 9.17) is 22.4 Å². The lowest BCUT2D eigenvalue weighted by Gasteiger charge is -2.20. The molecule has 0 radical (unpaired) electrons. The molecule has 0 bridgehead atoms. The Morgan fingerprint density at radius 3 is 2.61 bits per heavy atom. The van der Waals surface area contributed by atoms with Crippen molar-refractivity contribution in [2.24, 2.45) is 0 Å². The molecule has 0 unspecified atom stereocenters. The van der Waals surface area contributed by atoms with Crippen molar-refractivity contribution >= 4 is 44.2 Å². The second kappa shape index (κ2) is 10.3. The predicted octanol–water partition coefficient (Wildman–Crippen LogP) is 4.36. The molecule has 0 spiro atoms. The fraction of sp³-hybridized carbons (Fsp3) is 0.185. The number of aryl methyl sites for hydroxylation is 1. The number of amides is 1. The quantitative estimate of drug-likeness (QED) is 0.267. The molecule has 1 atom stereocenters. The van der Waals surface area contributed by atoms with Crippen molar-refractivity contribution in [3.8, 4) is 23.7 Å². The predicted molar refractivity (Wildman–Crippen MR) is 147 cm³/mol. The van der Waals surface area contributed by atoms with Crippen molar-refractivity contribution in [3.05, 3.63) is 86.0 Å². The first kappa shape index (κ1) is 26.9. The average Bonchev–Trinajstić information content (AvgIpc) is 2.86. The molecular formula is C27H23ClN4O5S. The highest BCUT2D eigenvalue weighted by molar-refractivity contribution is 7.89. The average molecular weight is 551 g/mol. The number of hydrogen-bond acceptors (Lipinski definition) is 8. The van der Waals surface area contributed by atoms with Crippen molar-refractivity contribution in [3.63, 3.8) is 0 Å². The Morgan fingerprint density at radius 2 is 1.92 bits per heavy atom. The lowest BCUT2D eigenvalue weighted by atomic mass is 9.99. The van der Waals surface area contributed by atoms with Gasteiger partial charge in [-0.05, 0) is 50.6 Å². The summed E-state index contributed by atoms with van der Waals surface area (Å²) in [6.45, 7) is 5.34. The maximum Gasteiger partial charge on any atom is 0.285 e. The van der Waals surface area contributed by atoms with Crippen LogP contribution in [0, 0.1) is 26.2 Å². The van der Waals surface area contributed by atoms with E-state index in [9.17, 15) is 18.0 Å². The Labute approximate surface area is 224 Å². The third kappa shape index (κ3) is 5.54. The van der Waals surface area contributed by atoms with Crippen molar-refractivity contribution in [2.75, 3.05) is 11.6 Å². The summed E-state index contributed by atoms with van der Waals surface area (Å²) in [5.74, 6) is 1.93. The summed E-state index contributed by atoms with van der Waals surface area (Å²) in [7, 11) is -3.84. The van der Waals surface area contributed by atoms with Crippen LogP contribution in [0.25, 0.3) is 22.3 Å². The number of halogens is 1. The van der Waals surface area contributed by atoms with Gasteiger partial charge < -0.3 is 9.73 Å². The van der Waals surface area contributed by atoms with Gasteiger partial charge in [0.05, 0.1) is 23.4 Å². The number of aromatic nitrogens is 2. The van der Waals surface area contributed by atoms with E-state index in [1.807, 2.05) is 17.7 Å². The molecule has 0 aliphatic carbocycles. The number of benzene rings is 1. The smallest absolute Gasteiger partial charge is 0.285 e. The molecule has 0 saturated carbocycles. The van der Waals surface area contributed by atoms with Crippen LogP contribution < -0.4 is 15.5 Å². The number of nitrogens with one attached hydrogen (secondary N) is 2. The molecule has 1 amide bonds. The summed E-state index contributed by atoms with van der Waals surface area (Å²) in [6, 6.07) is 7.79. The van der Waals surface area contributed by atoms with Crippen molar-refractivity contribution in [1.82, 2.24) is 14.7 Å². The number of rotatable bonds is 6. The summed E-state index contributed by atoms with van der Waals surface area (Å²) < 4.78 is 31.5. The van der Waals surface area contributed by atoms with Gasteiger partial charge >= 0.3 is 0 Å². The van der Waals surface area contributed by atoms with Gasteiger partial charge in [-0.1, -0.05) is 23.6 Å². The largest absolute Gasteiger partial charge is 0.455 e. The van der Waals surface area contributed by atoms with Crippen LogP contribution >= 0.6 is 11.6 Å². The molecule has 38 heavy (non-hydrogen) atoms. The Hall–Kier alpha value is -4.20. The standard InChI is InChI=1S/C27H23ClN4O5S/c1-6-17-11-18(13-29-12-17)25-15(3)24(33)20-10-14(2)9-19(26(20)37-25)16(4)30-21-7-8-22(28)31-23(21)27(34)32-38(5,35)36/h1,7-13,16,30H,2-5H3,(H,32,34)/t16-/m1/s1. The third-order valence-corrected chi connectivity index (χ3v) is 6.52. The van der Waals surface area contributed by atoms with Crippen LogP contribution in [0.2, 0.25) is 5.15 Å². The van der Waals surface area contributed by atoms with E-state index in [0.717, 1.165) is 11.8 Å². The van der Waals surface area contributed by atoms with E-state index in [1.54, 1.807) is 32.2 Å². The topological polar surface area (TPSA) is 131 Å². The summed E-state index contributed by atoms with van der Waals surface area (Å²) in [4.78, 5) is 34.2. The number of sulfonamides is 1.